The van der Waals surface area contributed by atoms with Crippen LogP contribution in [-0.2, 0) is 16.0 Å². The fourth-order valence-corrected chi connectivity index (χ4v) is 7.81. The summed E-state index contributed by atoms with van der Waals surface area (Å²) in [6, 6.07) is 4.18. The first-order valence-electron chi connectivity index (χ1n) is 12.8. The van der Waals surface area contributed by atoms with Crippen molar-refractivity contribution in [3.8, 4) is 0 Å². The average molecular weight is 422 g/mol. The third-order valence-corrected chi connectivity index (χ3v) is 9.69. The zero-order chi connectivity index (χ0) is 21.5. The highest BCUT2D eigenvalue weighted by atomic mass is 16.5. The Morgan fingerprint density at radius 2 is 1.87 bits per heavy atom. The molecule has 0 spiro atoms. The van der Waals surface area contributed by atoms with Crippen molar-refractivity contribution in [3.05, 3.63) is 41.7 Å². The minimum Gasteiger partial charge on any atom is -0.374 e. The Hall–Kier alpha value is -1.48. The Morgan fingerprint density at radius 1 is 1.03 bits per heavy atom. The number of hydrogen-bond acceptors (Lipinski definition) is 3. The predicted molar refractivity (Wildman–Crippen MR) is 124 cm³/mol. The number of carbonyl (C=O) groups excluding carboxylic acids is 1. The molecular formula is C28H39NO2. The number of pyridine rings is 1. The van der Waals surface area contributed by atoms with Crippen LogP contribution >= 0.6 is 0 Å². The van der Waals surface area contributed by atoms with Crippen molar-refractivity contribution in [1.29, 1.82) is 0 Å². The summed E-state index contributed by atoms with van der Waals surface area (Å²) >= 11 is 0. The molecule has 168 valence electrons. The summed E-state index contributed by atoms with van der Waals surface area (Å²) in [6.07, 6.45) is 19.3. The number of Topliss-reactive ketones (excluding diaryl/α,β-unsaturated/α-hetero) is 1. The lowest BCUT2D eigenvalue weighted by Gasteiger charge is -2.57. The quantitative estimate of drug-likeness (QED) is 0.398. The molecule has 3 fully saturated rings. The van der Waals surface area contributed by atoms with Crippen LogP contribution in [0.15, 0.2) is 36.2 Å². The number of ether oxygens (including phenoxy) is 1. The fourth-order valence-electron chi connectivity index (χ4n) is 7.81. The Kier molecular flexibility index (Phi) is 5.83. The largest absolute Gasteiger partial charge is 0.374 e. The number of aryl methyl sites for hydroxylation is 1. The number of carbonyl (C=O) groups is 1. The van der Waals surface area contributed by atoms with Gasteiger partial charge in [-0.2, -0.15) is 0 Å². The molecule has 1 aromatic rings. The summed E-state index contributed by atoms with van der Waals surface area (Å²) in [5, 5.41) is 0. The average Bonchev–Trinajstić information content (AvgIpc) is 3.09. The van der Waals surface area contributed by atoms with Crippen LogP contribution in [0.3, 0.4) is 0 Å². The van der Waals surface area contributed by atoms with Gasteiger partial charge in [0.05, 0.1) is 6.10 Å². The first kappa shape index (κ1) is 21.4. The van der Waals surface area contributed by atoms with Crippen LogP contribution in [0.4, 0.5) is 0 Å². The molecule has 0 radical (unpaired) electrons. The molecule has 3 nitrogen and oxygen atoms in total. The van der Waals surface area contributed by atoms with Crippen LogP contribution in [-0.4, -0.2) is 23.5 Å². The van der Waals surface area contributed by atoms with Gasteiger partial charge >= 0.3 is 0 Å². The van der Waals surface area contributed by atoms with Gasteiger partial charge in [-0.15, -0.1) is 0 Å². The molecule has 4 aliphatic rings. The summed E-state index contributed by atoms with van der Waals surface area (Å²) < 4.78 is 6.31. The monoisotopic (exact) mass is 421 g/mol. The number of rotatable bonds is 6. The van der Waals surface area contributed by atoms with E-state index in [-0.39, 0.29) is 5.41 Å². The Labute approximate surface area is 188 Å². The first-order chi connectivity index (χ1) is 15.0. The van der Waals surface area contributed by atoms with Crippen LogP contribution in [0, 0.1) is 28.6 Å². The molecule has 0 aliphatic heterocycles. The topological polar surface area (TPSA) is 39.2 Å². The summed E-state index contributed by atoms with van der Waals surface area (Å²) in [5.74, 6) is 2.74. The Bertz CT molecular complexity index is 833. The Balaban J connectivity index is 1.17. The van der Waals surface area contributed by atoms with Gasteiger partial charge in [0, 0.05) is 30.8 Å². The molecule has 5 rings (SSSR count). The normalized spacial score (nSPS) is 39.4. The van der Waals surface area contributed by atoms with E-state index in [9.17, 15) is 4.79 Å². The molecule has 31 heavy (non-hydrogen) atoms. The van der Waals surface area contributed by atoms with E-state index in [1.54, 1.807) is 5.57 Å². The van der Waals surface area contributed by atoms with Gasteiger partial charge in [-0.1, -0.05) is 31.6 Å². The molecule has 0 amide bonds. The number of allylic oxidation sites excluding steroid dienone is 1. The molecule has 0 N–H and O–H groups in total. The zero-order valence-electron chi connectivity index (χ0n) is 19.4. The highest BCUT2D eigenvalue weighted by Crippen LogP contribution is 2.64. The maximum absolute atomic E-state index is 12.6. The van der Waals surface area contributed by atoms with Crippen LogP contribution in [0.2, 0.25) is 0 Å². The predicted octanol–water partition coefficient (Wildman–Crippen LogP) is 6.32. The highest BCUT2D eigenvalue weighted by molar-refractivity contribution is 5.87. The lowest BCUT2D eigenvalue weighted by Crippen LogP contribution is -2.50. The lowest BCUT2D eigenvalue weighted by atomic mass is 9.47. The van der Waals surface area contributed by atoms with E-state index < -0.39 is 0 Å². The fraction of sp³-hybridized carbons (Fsp3) is 0.714. The molecule has 3 saturated carbocycles. The maximum atomic E-state index is 12.6. The van der Waals surface area contributed by atoms with E-state index in [0.717, 1.165) is 63.4 Å². The second-order valence-corrected chi connectivity index (χ2v) is 11.2. The Morgan fingerprint density at radius 3 is 2.71 bits per heavy atom. The van der Waals surface area contributed by atoms with E-state index in [4.69, 9.17) is 4.74 Å². The highest BCUT2D eigenvalue weighted by Gasteiger charge is 2.58. The van der Waals surface area contributed by atoms with Crippen molar-refractivity contribution in [2.45, 2.75) is 90.6 Å². The van der Waals surface area contributed by atoms with Crippen molar-refractivity contribution < 1.29 is 9.53 Å². The van der Waals surface area contributed by atoms with E-state index >= 15 is 0 Å². The van der Waals surface area contributed by atoms with Crippen LogP contribution in [0.25, 0.3) is 0 Å². The number of fused-ring (bicyclic) bond motifs is 5. The summed E-state index contributed by atoms with van der Waals surface area (Å²) in [6.45, 7) is 5.69. The second kappa shape index (κ2) is 8.46. The molecule has 0 saturated heterocycles. The van der Waals surface area contributed by atoms with Crippen molar-refractivity contribution in [2.24, 2.45) is 28.6 Å². The number of unbranched alkanes of at least 4 members (excludes halogenated alkanes) is 1. The molecule has 4 aliphatic carbocycles. The maximum Gasteiger partial charge on any atom is 0.139 e. The van der Waals surface area contributed by atoms with Gasteiger partial charge < -0.3 is 4.74 Å². The van der Waals surface area contributed by atoms with Gasteiger partial charge in [-0.25, -0.2) is 0 Å². The standard InChI is InChI=1S/C28H39NO2/c1-27-14-12-22(31-17-4-3-6-20-7-5-16-29-19-20)18-21(27)8-9-23-24-10-11-26(30)28(24,2)15-13-25(23)27/h5,7,16,18-19,22-25H,3-4,6,8-15,17H2,1-2H3. The molecule has 1 aromatic heterocycles. The van der Waals surface area contributed by atoms with Gasteiger partial charge in [-0.3, -0.25) is 9.78 Å². The van der Waals surface area contributed by atoms with Crippen molar-refractivity contribution in [1.82, 2.24) is 4.98 Å². The number of ketones is 1. The number of nitrogens with zero attached hydrogens (tertiary/aromatic N) is 1. The van der Waals surface area contributed by atoms with Crippen molar-refractivity contribution >= 4 is 5.78 Å². The van der Waals surface area contributed by atoms with E-state index in [1.807, 2.05) is 18.5 Å². The molecule has 6 atom stereocenters. The van der Waals surface area contributed by atoms with E-state index in [2.05, 4.69) is 31.0 Å². The minimum absolute atomic E-state index is 0.00509. The van der Waals surface area contributed by atoms with Crippen molar-refractivity contribution in [3.63, 3.8) is 0 Å². The molecular weight excluding hydrogens is 382 g/mol. The van der Waals surface area contributed by atoms with Gasteiger partial charge in [0.1, 0.15) is 5.78 Å². The first-order valence-corrected chi connectivity index (χ1v) is 12.8. The van der Waals surface area contributed by atoms with Crippen LogP contribution in [0.5, 0.6) is 0 Å². The number of hydrogen-bond donors (Lipinski definition) is 0. The van der Waals surface area contributed by atoms with Crippen LogP contribution < -0.4 is 0 Å². The SMILES string of the molecule is CC12CCC3C(CCC4=CC(OCCCCc5cccnc5)CCC43C)C1CCC2=O. The molecule has 0 aromatic carbocycles. The molecule has 6 unspecified atom stereocenters. The summed E-state index contributed by atoms with van der Waals surface area (Å²) in [4.78, 5) is 16.8. The smallest absolute Gasteiger partial charge is 0.139 e. The van der Waals surface area contributed by atoms with Gasteiger partial charge in [-0.05, 0) is 99.0 Å². The van der Waals surface area contributed by atoms with E-state index in [1.165, 1.54) is 31.2 Å². The summed E-state index contributed by atoms with van der Waals surface area (Å²) in [7, 11) is 0. The second-order valence-electron chi connectivity index (χ2n) is 11.2. The van der Waals surface area contributed by atoms with Gasteiger partial charge in [0.2, 0.25) is 0 Å². The summed E-state index contributed by atoms with van der Waals surface area (Å²) in [5.41, 5.74) is 3.33. The number of aromatic nitrogens is 1. The van der Waals surface area contributed by atoms with Gasteiger partial charge in [0.25, 0.3) is 0 Å². The third-order valence-electron chi connectivity index (χ3n) is 9.69. The van der Waals surface area contributed by atoms with Gasteiger partial charge in [0.15, 0.2) is 0 Å². The third kappa shape index (κ3) is 3.81. The van der Waals surface area contributed by atoms with Crippen LogP contribution in [0.1, 0.15) is 83.6 Å². The van der Waals surface area contributed by atoms with E-state index in [0.29, 0.717) is 23.2 Å². The molecule has 1 heterocycles. The molecule has 0 bridgehead atoms. The minimum atomic E-state index is -0.00509. The van der Waals surface area contributed by atoms with Crippen molar-refractivity contribution in [2.75, 3.05) is 6.61 Å². The lowest BCUT2D eigenvalue weighted by molar-refractivity contribution is -0.132. The zero-order valence-corrected chi connectivity index (χ0v) is 19.4. The molecule has 3 heteroatoms.